The molecular formula is C18H21N3O2. The van der Waals surface area contributed by atoms with Gasteiger partial charge in [-0.25, -0.2) is 4.79 Å². The van der Waals surface area contributed by atoms with Gasteiger partial charge < -0.3 is 10.6 Å². The molecule has 0 bridgehead atoms. The summed E-state index contributed by atoms with van der Waals surface area (Å²) < 4.78 is 0. The van der Waals surface area contributed by atoms with Crippen molar-refractivity contribution in [2.75, 3.05) is 11.9 Å². The van der Waals surface area contributed by atoms with E-state index in [4.69, 9.17) is 0 Å². The second kappa shape index (κ2) is 8.58. The fraction of sp³-hybridized carbons (Fsp3) is 0.222. The van der Waals surface area contributed by atoms with Gasteiger partial charge in [-0.05, 0) is 29.7 Å². The van der Waals surface area contributed by atoms with E-state index in [2.05, 4.69) is 22.9 Å². The fourth-order valence-electron chi connectivity index (χ4n) is 2.03. The van der Waals surface area contributed by atoms with E-state index >= 15 is 0 Å². The second-order valence-electron chi connectivity index (χ2n) is 5.12. The number of nitrogens with one attached hydrogen (secondary N) is 3. The highest BCUT2D eigenvalue weighted by atomic mass is 16.2. The Kier molecular flexibility index (Phi) is 6.17. The average molecular weight is 311 g/mol. The lowest BCUT2D eigenvalue weighted by molar-refractivity contribution is -0.118. The molecule has 0 fully saturated rings. The number of carbonyl (C=O) groups excluding carboxylic acids is 2. The van der Waals surface area contributed by atoms with Gasteiger partial charge in [-0.3, -0.25) is 10.1 Å². The van der Waals surface area contributed by atoms with Crippen LogP contribution in [0.5, 0.6) is 0 Å². The van der Waals surface area contributed by atoms with Gasteiger partial charge in [-0.15, -0.1) is 0 Å². The highest BCUT2D eigenvalue weighted by Crippen LogP contribution is 2.09. The molecule has 2 aromatic rings. The van der Waals surface area contributed by atoms with Crippen molar-refractivity contribution in [3.63, 3.8) is 0 Å². The van der Waals surface area contributed by atoms with Crippen molar-refractivity contribution in [3.8, 4) is 0 Å². The number of amides is 3. The minimum absolute atomic E-state index is 0.0459. The summed E-state index contributed by atoms with van der Waals surface area (Å²) in [4.78, 5) is 23.4. The third kappa shape index (κ3) is 5.82. The number of urea groups is 1. The van der Waals surface area contributed by atoms with Crippen LogP contribution in [0.1, 0.15) is 18.1 Å². The van der Waals surface area contributed by atoms with E-state index in [9.17, 15) is 9.59 Å². The molecule has 3 N–H and O–H groups in total. The zero-order valence-electron chi connectivity index (χ0n) is 13.1. The first-order valence-electron chi connectivity index (χ1n) is 7.62. The highest BCUT2D eigenvalue weighted by molar-refractivity contribution is 5.96. The molecule has 0 unspecified atom stereocenters. The number of benzene rings is 2. The monoisotopic (exact) mass is 311 g/mol. The fourth-order valence-corrected chi connectivity index (χ4v) is 2.03. The van der Waals surface area contributed by atoms with Gasteiger partial charge in [0, 0.05) is 12.2 Å². The molecule has 0 heterocycles. The molecule has 0 spiro atoms. The van der Waals surface area contributed by atoms with Gasteiger partial charge in [-0.1, -0.05) is 49.4 Å². The molecule has 0 radical (unpaired) electrons. The standard InChI is InChI=1S/C18H21N3O2/c1-2-14-8-10-16(11-9-14)19-13-17(22)21-18(23)20-12-15-6-4-3-5-7-15/h3-11,19H,2,12-13H2,1H3,(H2,20,21,22,23). The number of hydrogen-bond acceptors (Lipinski definition) is 3. The summed E-state index contributed by atoms with van der Waals surface area (Å²) in [6.07, 6.45) is 0.975. The molecule has 0 aliphatic rings. The summed E-state index contributed by atoms with van der Waals surface area (Å²) in [5.41, 5.74) is 3.06. The predicted molar refractivity (Wildman–Crippen MR) is 91.1 cm³/mol. The molecule has 0 aromatic heterocycles. The molecule has 23 heavy (non-hydrogen) atoms. The van der Waals surface area contributed by atoms with E-state index in [-0.39, 0.29) is 12.5 Å². The molecule has 0 saturated heterocycles. The van der Waals surface area contributed by atoms with Crippen LogP contribution in [0.4, 0.5) is 10.5 Å². The predicted octanol–water partition coefficient (Wildman–Crippen LogP) is 2.69. The quantitative estimate of drug-likeness (QED) is 0.768. The molecule has 0 atom stereocenters. The van der Waals surface area contributed by atoms with Gasteiger partial charge in [0.05, 0.1) is 6.54 Å². The van der Waals surface area contributed by atoms with Crippen molar-refractivity contribution in [3.05, 3.63) is 65.7 Å². The van der Waals surface area contributed by atoms with Crippen molar-refractivity contribution < 1.29 is 9.59 Å². The smallest absolute Gasteiger partial charge is 0.321 e. The summed E-state index contributed by atoms with van der Waals surface area (Å²) in [6, 6.07) is 16.9. The third-order valence-electron chi connectivity index (χ3n) is 3.36. The Hall–Kier alpha value is -2.82. The first-order chi connectivity index (χ1) is 11.2. The molecule has 2 aromatic carbocycles. The van der Waals surface area contributed by atoms with Crippen LogP contribution in [-0.4, -0.2) is 18.5 Å². The number of carbonyl (C=O) groups is 2. The van der Waals surface area contributed by atoms with Gasteiger partial charge in [0.1, 0.15) is 0 Å². The Morgan fingerprint density at radius 3 is 2.26 bits per heavy atom. The van der Waals surface area contributed by atoms with Crippen LogP contribution in [0.15, 0.2) is 54.6 Å². The Bertz CT molecular complexity index is 639. The number of anilines is 1. The number of rotatable bonds is 6. The number of aryl methyl sites for hydroxylation is 1. The Labute approximate surface area is 136 Å². The topological polar surface area (TPSA) is 70.2 Å². The Morgan fingerprint density at radius 2 is 1.61 bits per heavy atom. The zero-order chi connectivity index (χ0) is 16.5. The van der Waals surface area contributed by atoms with E-state index in [1.165, 1.54) is 5.56 Å². The number of imide groups is 1. The van der Waals surface area contributed by atoms with Crippen LogP contribution in [0.2, 0.25) is 0 Å². The van der Waals surface area contributed by atoms with Gasteiger partial charge in [0.15, 0.2) is 0 Å². The molecule has 3 amide bonds. The van der Waals surface area contributed by atoms with Crippen LogP contribution < -0.4 is 16.0 Å². The molecule has 0 aliphatic carbocycles. The minimum atomic E-state index is -0.498. The normalized spacial score (nSPS) is 9.96. The lowest BCUT2D eigenvalue weighted by Gasteiger charge is -2.09. The lowest BCUT2D eigenvalue weighted by Crippen LogP contribution is -2.41. The molecule has 120 valence electrons. The van der Waals surface area contributed by atoms with E-state index in [0.717, 1.165) is 17.7 Å². The first kappa shape index (κ1) is 16.5. The third-order valence-corrected chi connectivity index (χ3v) is 3.36. The summed E-state index contributed by atoms with van der Waals surface area (Å²) >= 11 is 0. The van der Waals surface area contributed by atoms with E-state index < -0.39 is 6.03 Å². The Morgan fingerprint density at radius 1 is 0.913 bits per heavy atom. The summed E-state index contributed by atoms with van der Waals surface area (Å²) in [7, 11) is 0. The van der Waals surface area contributed by atoms with Crippen molar-refractivity contribution in [2.45, 2.75) is 19.9 Å². The van der Waals surface area contributed by atoms with Gasteiger partial charge >= 0.3 is 6.03 Å². The average Bonchev–Trinajstić information content (AvgIpc) is 2.59. The van der Waals surface area contributed by atoms with Crippen molar-refractivity contribution in [1.82, 2.24) is 10.6 Å². The maximum atomic E-state index is 11.7. The lowest BCUT2D eigenvalue weighted by atomic mass is 10.1. The molecule has 0 aliphatic heterocycles. The summed E-state index contributed by atoms with van der Waals surface area (Å²) in [5, 5.41) is 7.92. The molecular weight excluding hydrogens is 290 g/mol. The van der Waals surface area contributed by atoms with E-state index in [0.29, 0.717) is 6.54 Å². The van der Waals surface area contributed by atoms with Crippen LogP contribution in [0.25, 0.3) is 0 Å². The zero-order valence-corrected chi connectivity index (χ0v) is 13.1. The van der Waals surface area contributed by atoms with Crippen LogP contribution in [0.3, 0.4) is 0 Å². The first-order valence-corrected chi connectivity index (χ1v) is 7.62. The highest BCUT2D eigenvalue weighted by Gasteiger charge is 2.07. The van der Waals surface area contributed by atoms with Crippen LogP contribution in [-0.2, 0) is 17.8 Å². The molecule has 5 heteroatoms. The summed E-state index contributed by atoms with van der Waals surface area (Å²) in [6.45, 7) is 2.51. The summed E-state index contributed by atoms with van der Waals surface area (Å²) in [5.74, 6) is -0.380. The maximum absolute atomic E-state index is 11.7. The maximum Gasteiger partial charge on any atom is 0.321 e. The number of hydrogen-bond donors (Lipinski definition) is 3. The minimum Gasteiger partial charge on any atom is -0.376 e. The van der Waals surface area contributed by atoms with Gasteiger partial charge in [-0.2, -0.15) is 0 Å². The largest absolute Gasteiger partial charge is 0.376 e. The van der Waals surface area contributed by atoms with E-state index in [1.54, 1.807) is 0 Å². The van der Waals surface area contributed by atoms with E-state index in [1.807, 2.05) is 54.6 Å². The second-order valence-corrected chi connectivity index (χ2v) is 5.12. The van der Waals surface area contributed by atoms with Crippen molar-refractivity contribution >= 4 is 17.6 Å². The molecule has 2 rings (SSSR count). The van der Waals surface area contributed by atoms with Crippen molar-refractivity contribution in [2.24, 2.45) is 0 Å². The molecule has 5 nitrogen and oxygen atoms in total. The van der Waals surface area contributed by atoms with Gasteiger partial charge in [0.25, 0.3) is 0 Å². The Balaban J connectivity index is 1.70. The SMILES string of the molecule is CCc1ccc(NCC(=O)NC(=O)NCc2ccccc2)cc1. The van der Waals surface area contributed by atoms with Crippen LogP contribution in [0, 0.1) is 0 Å². The van der Waals surface area contributed by atoms with Crippen molar-refractivity contribution in [1.29, 1.82) is 0 Å². The van der Waals surface area contributed by atoms with Gasteiger partial charge in [0.2, 0.25) is 5.91 Å². The van der Waals surface area contributed by atoms with Crippen LogP contribution >= 0.6 is 0 Å². The molecule has 0 saturated carbocycles.